The van der Waals surface area contributed by atoms with E-state index in [4.69, 9.17) is 16.1 Å². The largest absolute Gasteiger partial charge is 0.338 e. The Hall–Kier alpha value is -2.16. The van der Waals surface area contributed by atoms with Crippen LogP contribution in [0.1, 0.15) is 19.7 Å². The van der Waals surface area contributed by atoms with Crippen molar-refractivity contribution in [3.63, 3.8) is 0 Å². The lowest BCUT2D eigenvalue weighted by Gasteiger charge is -2.13. The number of aromatic nitrogens is 4. The molecule has 28 heavy (non-hydrogen) atoms. The Kier molecular flexibility index (Phi) is 5.52. The zero-order valence-corrected chi connectivity index (χ0v) is 17.6. The van der Waals surface area contributed by atoms with Gasteiger partial charge in [0.25, 0.3) is 5.56 Å². The van der Waals surface area contributed by atoms with E-state index < -0.39 is 0 Å². The second-order valence-corrected chi connectivity index (χ2v) is 8.94. The second-order valence-electron chi connectivity index (χ2n) is 6.65. The first-order valence-electron chi connectivity index (χ1n) is 8.70. The Bertz CT molecular complexity index is 1160. The maximum atomic E-state index is 12.8. The standard InChI is InChI=1S/C19H17ClN4O2S2/c1-11(2)9-24-18(25)16-14(7-8-27-16)21-19(24)28-10-15-22-17(23-26-15)12-3-5-13(20)6-4-12/h3-8,11H,9-10H2,1-2H3. The number of hydrogen-bond donors (Lipinski definition) is 0. The average molecular weight is 433 g/mol. The lowest BCUT2D eigenvalue weighted by molar-refractivity contribution is 0.391. The highest BCUT2D eigenvalue weighted by atomic mass is 35.5. The minimum absolute atomic E-state index is 0.00332. The number of halogens is 1. The van der Waals surface area contributed by atoms with Crippen molar-refractivity contribution in [1.29, 1.82) is 0 Å². The molecule has 0 N–H and O–H groups in total. The highest BCUT2D eigenvalue weighted by molar-refractivity contribution is 7.98. The van der Waals surface area contributed by atoms with Gasteiger partial charge >= 0.3 is 0 Å². The lowest BCUT2D eigenvalue weighted by Crippen LogP contribution is -2.24. The summed E-state index contributed by atoms with van der Waals surface area (Å²) in [6.45, 7) is 4.77. The summed E-state index contributed by atoms with van der Waals surface area (Å²) in [6.07, 6.45) is 0. The summed E-state index contributed by atoms with van der Waals surface area (Å²) in [6, 6.07) is 9.13. The summed E-state index contributed by atoms with van der Waals surface area (Å²) in [7, 11) is 0. The van der Waals surface area contributed by atoms with Gasteiger partial charge in [0.2, 0.25) is 11.7 Å². The molecular formula is C19H17ClN4O2S2. The first-order chi connectivity index (χ1) is 13.5. The van der Waals surface area contributed by atoms with Crippen molar-refractivity contribution in [1.82, 2.24) is 19.7 Å². The normalized spacial score (nSPS) is 11.6. The molecule has 0 aliphatic carbocycles. The molecule has 3 heterocycles. The van der Waals surface area contributed by atoms with Crippen LogP contribution in [0.4, 0.5) is 0 Å². The van der Waals surface area contributed by atoms with Crippen LogP contribution in [0.3, 0.4) is 0 Å². The number of thiophene rings is 1. The van der Waals surface area contributed by atoms with E-state index in [0.717, 1.165) is 11.1 Å². The van der Waals surface area contributed by atoms with Gasteiger partial charge in [0.15, 0.2) is 5.16 Å². The van der Waals surface area contributed by atoms with Crippen LogP contribution < -0.4 is 5.56 Å². The van der Waals surface area contributed by atoms with Gasteiger partial charge < -0.3 is 4.52 Å². The van der Waals surface area contributed by atoms with Gasteiger partial charge in [0, 0.05) is 17.1 Å². The van der Waals surface area contributed by atoms with Crippen LogP contribution in [0.25, 0.3) is 21.6 Å². The number of thioether (sulfide) groups is 1. The first kappa shape index (κ1) is 19.2. The fourth-order valence-electron chi connectivity index (χ4n) is 2.72. The van der Waals surface area contributed by atoms with E-state index in [0.29, 0.717) is 44.8 Å². The first-order valence-corrected chi connectivity index (χ1v) is 10.9. The quantitative estimate of drug-likeness (QED) is 0.311. The fraction of sp³-hybridized carbons (Fsp3) is 0.263. The predicted octanol–water partition coefficient (Wildman–Crippen LogP) is 5.11. The molecular weight excluding hydrogens is 416 g/mol. The van der Waals surface area contributed by atoms with Crippen LogP contribution in [-0.2, 0) is 12.3 Å². The molecule has 0 fully saturated rings. The van der Waals surface area contributed by atoms with Gasteiger partial charge in [-0.25, -0.2) is 4.98 Å². The molecule has 0 saturated heterocycles. The van der Waals surface area contributed by atoms with E-state index in [1.807, 2.05) is 23.6 Å². The van der Waals surface area contributed by atoms with E-state index in [9.17, 15) is 4.79 Å². The number of benzene rings is 1. The zero-order valence-electron chi connectivity index (χ0n) is 15.3. The van der Waals surface area contributed by atoms with E-state index in [1.165, 1.54) is 23.1 Å². The van der Waals surface area contributed by atoms with Crippen molar-refractivity contribution in [2.75, 3.05) is 0 Å². The van der Waals surface area contributed by atoms with Crippen LogP contribution in [0.5, 0.6) is 0 Å². The van der Waals surface area contributed by atoms with E-state index >= 15 is 0 Å². The van der Waals surface area contributed by atoms with Gasteiger partial charge in [-0.2, -0.15) is 4.98 Å². The lowest BCUT2D eigenvalue weighted by atomic mass is 10.2. The summed E-state index contributed by atoms with van der Waals surface area (Å²) in [5.74, 6) is 1.75. The highest BCUT2D eigenvalue weighted by Gasteiger charge is 2.16. The predicted molar refractivity (Wildman–Crippen MR) is 113 cm³/mol. The third-order valence-corrected chi connectivity index (χ3v) is 6.08. The molecule has 0 radical (unpaired) electrons. The fourth-order valence-corrected chi connectivity index (χ4v) is 4.47. The number of fused-ring (bicyclic) bond motifs is 1. The van der Waals surface area contributed by atoms with Crippen molar-refractivity contribution in [2.24, 2.45) is 5.92 Å². The molecule has 0 aliphatic rings. The number of hydrogen-bond acceptors (Lipinski definition) is 7. The molecule has 0 amide bonds. The van der Waals surface area contributed by atoms with Crippen molar-refractivity contribution in [2.45, 2.75) is 31.3 Å². The minimum atomic E-state index is 0.00332. The third kappa shape index (κ3) is 3.99. The molecule has 1 aromatic carbocycles. The van der Waals surface area contributed by atoms with E-state index in [2.05, 4.69) is 29.0 Å². The summed E-state index contributed by atoms with van der Waals surface area (Å²) >= 11 is 8.77. The molecule has 4 rings (SSSR count). The molecule has 144 valence electrons. The topological polar surface area (TPSA) is 73.8 Å². The summed E-state index contributed by atoms with van der Waals surface area (Å²) < 4.78 is 7.80. The Labute approximate surface area is 174 Å². The van der Waals surface area contributed by atoms with Gasteiger partial charge in [-0.3, -0.25) is 9.36 Å². The van der Waals surface area contributed by atoms with Gasteiger partial charge in [-0.15, -0.1) is 11.3 Å². The molecule has 0 spiro atoms. The molecule has 3 aromatic heterocycles. The maximum absolute atomic E-state index is 12.8. The molecule has 4 aromatic rings. The van der Waals surface area contributed by atoms with Crippen LogP contribution in [-0.4, -0.2) is 19.7 Å². The summed E-state index contributed by atoms with van der Waals surface area (Å²) in [4.78, 5) is 21.9. The maximum Gasteiger partial charge on any atom is 0.272 e. The van der Waals surface area contributed by atoms with Gasteiger partial charge in [-0.05, 0) is 41.6 Å². The zero-order chi connectivity index (χ0) is 19.7. The van der Waals surface area contributed by atoms with Crippen LogP contribution in [0.15, 0.2) is 50.2 Å². The van der Waals surface area contributed by atoms with Gasteiger partial charge in [0.05, 0.1) is 11.3 Å². The van der Waals surface area contributed by atoms with Crippen LogP contribution in [0, 0.1) is 5.92 Å². The number of nitrogens with zero attached hydrogens (tertiary/aromatic N) is 4. The minimum Gasteiger partial charge on any atom is -0.338 e. The van der Waals surface area contributed by atoms with Crippen LogP contribution in [0.2, 0.25) is 5.02 Å². The van der Waals surface area contributed by atoms with Gasteiger partial charge in [0.1, 0.15) is 4.70 Å². The molecule has 0 bridgehead atoms. The third-order valence-electron chi connectivity index (χ3n) is 3.97. The Morgan fingerprint density at radius 2 is 2.00 bits per heavy atom. The van der Waals surface area contributed by atoms with Crippen molar-refractivity contribution in [3.8, 4) is 11.4 Å². The Balaban J connectivity index is 1.59. The summed E-state index contributed by atoms with van der Waals surface area (Å²) in [5.41, 5.74) is 1.56. The SMILES string of the molecule is CC(C)Cn1c(SCc2nc(-c3ccc(Cl)cc3)no2)nc2ccsc2c1=O. The molecule has 9 heteroatoms. The molecule has 0 atom stereocenters. The molecule has 0 saturated carbocycles. The van der Waals surface area contributed by atoms with Crippen molar-refractivity contribution >= 4 is 44.9 Å². The van der Waals surface area contributed by atoms with Crippen LogP contribution >= 0.6 is 34.7 Å². The Morgan fingerprint density at radius 3 is 2.75 bits per heavy atom. The molecule has 0 aliphatic heterocycles. The molecule has 0 unspecified atom stereocenters. The smallest absolute Gasteiger partial charge is 0.272 e. The molecule has 6 nitrogen and oxygen atoms in total. The highest BCUT2D eigenvalue weighted by Crippen LogP contribution is 2.25. The Morgan fingerprint density at radius 1 is 1.21 bits per heavy atom. The van der Waals surface area contributed by atoms with Crippen molar-refractivity contribution in [3.05, 3.63) is 57.0 Å². The monoisotopic (exact) mass is 432 g/mol. The van der Waals surface area contributed by atoms with Crippen molar-refractivity contribution < 1.29 is 4.52 Å². The van der Waals surface area contributed by atoms with Gasteiger partial charge in [-0.1, -0.05) is 42.4 Å². The summed E-state index contributed by atoms with van der Waals surface area (Å²) in [5, 5.41) is 7.24. The average Bonchev–Trinajstić information content (AvgIpc) is 3.32. The van der Waals surface area contributed by atoms with E-state index in [1.54, 1.807) is 16.7 Å². The van der Waals surface area contributed by atoms with E-state index in [-0.39, 0.29) is 5.56 Å². The second kappa shape index (κ2) is 8.06. The number of rotatable bonds is 6.